The topological polar surface area (TPSA) is 68.7 Å². The maximum Gasteiger partial charge on any atom is 0.211 e. The molecule has 0 spiro atoms. The highest BCUT2D eigenvalue weighted by Gasteiger charge is 2.40. The zero-order valence-electron chi connectivity index (χ0n) is 19.0. The van der Waals surface area contributed by atoms with E-state index in [0.717, 1.165) is 48.3 Å². The van der Waals surface area contributed by atoms with Crippen LogP contribution in [0.5, 0.6) is 11.5 Å². The van der Waals surface area contributed by atoms with E-state index >= 15 is 0 Å². The summed E-state index contributed by atoms with van der Waals surface area (Å²) in [6.07, 6.45) is 8.99. The Morgan fingerprint density at radius 1 is 1.26 bits per heavy atom. The Morgan fingerprint density at radius 2 is 2.06 bits per heavy atom. The minimum absolute atomic E-state index is 0.294. The molecule has 0 bridgehead atoms. The molecule has 3 rings (SSSR count). The maximum atomic E-state index is 12.8. The van der Waals surface area contributed by atoms with Crippen molar-refractivity contribution in [1.29, 1.82) is 0 Å². The number of pyridine rings is 1. The van der Waals surface area contributed by atoms with Gasteiger partial charge in [-0.05, 0) is 62.9 Å². The standard InChI is InChI=1S/C24H34N2O4S/c1-5-6-15-29-20-11-12-23-21(16-20)22(17-24(2,3)30-23)26(31(4,27)28)14-8-10-19-9-7-13-25-18-19/h7,9,11-13,16,18,22H,5-6,8,10,14-15,17H2,1-4H3. The third-order valence-corrected chi connectivity index (χ3v) is 6.81. The van der Waals surface area contributed by atoms with Crippen molar-refractivity contribution >= 4 is 10.0 Å². The SMILES string of the molecule is CCCCOc1ccc2c(c1)C(N(CCCc1cccnc1)S(C)(=O)=O)CC(C)(C)O2. The molecule has 1 aromatic heterocycles. The summed E-state index contributed by atoms with van der Waals surface area (Å²) in [6, 6.07) is 9.38. The molecule has 7 heteroatoms. The predicted octanol–water partition coefficient (Wildman–Crippen LogP) is 4.76. The number of fused-ring (bicyclic) bond motifs is 1. The first-order valence-corrected chi connectivity index (χ1v) is 12.9. The number of sulfonamides is 1. The Bertz CT molecular complexity index is 961. The van der Waals surface area contributed by atoms with Crippen molar-refractivity contribution in [2.24, 2.45) is 0 Å². The molecule has 0 amide bonds. The third kappa shape index (κ3) is 6.43. The summed E-state index contributed by atoms with van der Waals surface area (Å²) in [7, 11) is -3.42. The van der Waals surface area contributed by atoms with Crippen LogP contribution in [0.1, 0.15) is 63.6 Å². The summed E-state index contributed by atoms with van der Waals surface area (Å²) in [5.74, 6) is 1.48. The summed E-state index contributed by atoms with van der Waals surface area (Å²) < 4.78 is 39.4. The summed E-state index contributed by atoms with van der Waals surface area (Å²) in [5, 5.41) is 0. The lowest BCUT2D eigenvalue weighted by Gasteiger charge is -2.41. The van der Waals surface area contributed by atoms with E-state index in [-0.39, 0.29) is 6.04 Å². The van der Waals surface area contributed by atoms with Gasteiger partial charge < -0.3 is 9.47 Å². The van der Waals surface area contributed by atoms with E-state index in [0.29, 0.717) is 19.6 Å². The van der Waals surface area contributed by atoms with Crippen molar-refractivity contribution in [3.8, 4) is 11.5 Å². The van der Waals surface area contributed by atoms with E-state index in [4.69, 9.17) is 9.47 Å². The second kappa shape index (κ2) is 10.0. The van der Waals surface area contributed by atoms with E-state index in [1.165, 1.54) is 6.26 Å². The molecule has 1 aromatic carbocycles. The molecule has 31 heavy (non-hydrogen) atoms. The van der Waals surface area contributed by atoms with Crippen LogP contribution in [-0.2, 0) is 16.4 Å². The first-order valence-electron chi connectivity index (χ1n) is 11.0. The Hall–Kier alpha value is -2.12. The van der Waals surface area contributed by atoms with Crippen LogP contribution in [0.4, 0.5) is 0 Å². The number of hydrogen-bond donors (Lipinski definition) is 0. The van der Waals surface area contributed by atoms with Gasteiger partial charge >= 0.3 is 0 Å². The van der Waals surface area contributed by atoms with Gasteiger partial charge in [-0.2, -0.15) is 4.31 Å². The zero-order valence-corrected chi connectivity index (χ0v) is 19.8. The highest BCUT2D eigenvalue weighted by atomic mass is 32.2. The zero-order chi connectivity index (χ0) is 22.5. The molecule has 1 atom stereocenters. The molecule has 0 saturated heterocycles. The third-order valence-electron chi connectivity index (χ3n) is 5.52. The molecule has 0 fully saturated rings. The largest absolute Gasteiger partial charge is 0.494 e. The second-order valence-corrected chi connectivity index (χ2v) is 10.8. The maximum absolute atomic E-state index is 12.8. The first-order chi connectivity index (χ1) is 14.7. The molecule has 1 unspecified atom stereocenters. The summed E-state index contributed by atoms with van der Waals surface area (Å²) in [6.45, 7) is 7.22. The normalized spacial score (nSPS) is 17.8. The van der Waals surface area contributed by atoms with Crippen molar-refractivity contribution in [2.75, 3.05) is 19.4 Å². The molecule has 1 aliphatic heterocycles. The molecule has 0 radical (unpaired) electrons. The predicted molar refractivity (Wildman–Crippen MR) is 123 cm³/mol. The molecule has 0 N–H and O–H groups in total. The fourth-order valence-electron chi connectivity index (χ4n) is 4.01. The minimum atomic E-state index is -3.42. The highest BCUT2D eigenvalue weighted by Crippen LogP contribution is 2.44. The average Bonchev–Trinajstić information content (AvgIpc) is 2.70. The van der Waals surface area contributed by atoms with Gasteiger partial charge in [-0.15, -0.1) is 0 Å². The number of aryl methyl sites for hydroxylation is 1. The van der Waals surface area contributed by atoms with Crippen LogP contribution in [0.3, 0.4) is 0 Å². The van der Waals surface area contributed by atoms with Crippen LogP contribution in [0.15, 0.2) is 42.7 Å². The van der Waals surface area contributed by atoms with Gasteiger partial charge in [0, 0.05) is 30.9 Å². The van der Waals surface area contributed by atoms with Gasteiger partial charge in [0.05, 0.1) is 18.9 Å². The van der Waals surface area contributed by atoms with Crippen molar-refractivity contribution in [3.05, 3.63) is 53.9 Å². The van der Waals surface area contributed by atoms with Gasteiger partial charge in [0.2, 0.25) is 10.0 Å². The van der Waals surface area contributed by atoms with Crippen LogP contribution >= 0.6 is 0 Å². The van der Waals surface area contributed by atoms with Gasteiger partial charge in [0.25, 0.3) is 0 Å². The van der Waals surface area contributed by atoms with Gasteiger partial charge in [0.15, 0.2) is 0 Å². The van der Waals surface area contributed by atoms with E-state index in [1.807, 2.05) is 50.4 Å². The molecular formula is C24H34N2O4S. The first kappa shape index (κ1) is 23.5. The van der Waals surface area contributed by atoms with Crippen LogP contribution in [0, 0.1) is 0 Å². The minimum Gasteiger partial charge on any atom is -0.494 e. The van der Waals surface area contributed by atoms with Gasteiger partial charge in [-0.3, -0.25) is 4.98 Å². The van der Waals surface area contributed by atoms with E-state index in [1.54, 1.807) is 10.5 Å². The summed E-state index contributed by atoms with van der Waals surface area (Å²) in [4.78, 5) is 4.15. The van der Waals surface area contributed by atoms with Gasteiger partial charge in [0.1, 0.15) is 17.1 Å². The molecule has 6 nitrogen and oxygen atoms in total. The molecule has 2 heterocycles. The van der Waals surface area contributed by atoms with E-state index in [2.05, 4.69) is 11.9 Å². The van der Waals surface area contributed by atoms with Crippen molar-refractivity contribution in [3.63, 3.8) is 0 Å². The lowest BCUT2D eigenvalue weighted by molar-refractivity contribution is 0.0500. The number of hydrogen-bond acceptors (Lipinski definition) is 5. The van der Waals surface area contributed by atoms with Crippen molar-refractivity contribution in [1.82, 2.24) is 9.29 Å². The second-order valence-electron chi connectivity index (χ2n) is 8.82. The number of nitrogens with zero attached hydrogens (tertiary/aromatic N) is 2. The smallest absolute Gasteiger partial charge is 0.211 e. The number of aromatic nitrogens is 1. The van der Waals surface area contributed by atoms with Crippen LogP contribution in [0.25, 0.3) is 0 Å². The molecule has 170 valence electrons. The van der Waals surface area contributed by atoms with Crippen LogP contribution in [0.2, 0.25) is 0 Å². The average molecular weight is 447 g/mol. The summed E-state index contributed by atoms with van der Waals surface area (Å²) >= 11 is 0. The van der Waals surface area contributed by atoms with E-state index in [9.17, 15) is 8.42 Å². The monoisotopic (exact) mass is 446 g/mol. The molecule has 0 saturated carbocycles. The summed E-state index contributed by atoms with van der Waals surface area (Å²) in [5.41, 5.74) is 1.52. The van der Waals surface area contributed by atoms with E-state index < -0.39 is 15.6 Å². The van der Waals surface area contributed by atoms with Crippen LogP contribution < -0.4 is 9.47 Å². The van der Waals surface area contributed by atoms with Gasteiger partial charge in [-0.1, -0.05) is 19.4 Å². The lowest BCUT2D eigenvalue weighted by atomic mass is 9.89. The lowest BCUT2D eigenvalue weighted by Crippen LogP contribution is -2.43. The molecule has 0 aliphatic carbocycles. The molecular weight excluding hydrogens is 412 g/mol. The Labute approximate surface area is 186 Å². The number of ether oxygens (including phenoxy) is 2. The Kier molecular flexibility index (Phi) is 7.59. The number of benzene rings is 1. The molecule has 1 aliphatic rings. The quantitative estimate of drug-likeness (QED) is 0.492. The Morgan fingerprint density at radius 3 is 2.74 bits per heavy atom. The van der Waals surface area contributed by atoms with Gasteiger partial charge in [-0.25, -0.2) is 8.42 Å². The highest BCUT2D eigenvalue weighted by molar-refractivity contribution is 7.88. The Balaban J connectivity index is 1.86. The fraction of sp³-hybridized carbons (Fsp3) is 0.542. The fourth-order valence-corrected chi connectivity index (χ4v) is 5.12. The van der Waals surface area contributed by atoms with Crippen LogP contribution in [-0.4, -0.2) is 42.7 Å². The van der Waals surface area contributed by atoms with Crippen molar-refractivity contribution in [2.45, 2.75) is 64.5 Å². The number of unbranched alkanes of at least 4 members (excludes halogenated alkanes) is 1. The molecule has 2 aromatic rings. The number of rotatable bonds is 10. The van der Waals surface area contributed by atoms with Crippen molar-refractivity contribution < 1.29 is 17.9 Å².